The van der Waals surface area contributed by atoms with Gasteiger partial charge in [-0.2, -0.15) is 10.8 Å². The smallest absolute Gasteiger partial charge is 0.0627 e. The number of rotatable bonds is 7. The highest BCUT2D eigenvalue weighted by Gasteiger charge is 2.06. The SMILES string of the molecule is C=C.C=C(C)/C=C/C.C=C/C=C(\C=C)c1ccc(C)c(C(=C)NON)c1.CC.CC.CC.CCC. The Labute approximate surface area is 220 Å². The fourth-order valence-electron chi connectivity index (χ4n) is 1.95. The van der Waals surface area contributed by atoms with Crippen LogP contribution in [0.2, 0.25) is 0 Å². The molecule has 0 unspecified atom stereocenters. The summed E-state index contributed by atoms with van der Waals surface area (Å²) in [4.78, 5) is 4.39. The first kappa shape index (κ1) is 45.6. The molecule has 1 aromatic rings. The Hall–Kier alpha value is -2.88. The molecule has 1 rings (SSSR count). The largest absolute Gasteiger partial charge is 0.248 e. The van der Waals surface area contributed by atoms with E-state index in [0.717, 1.165) is 27.8 Å². The van der Waals surface area contributed by atoms with Crippen LogP contribution in [-0.2, 0) is 4.94 Å². The van der Waals surface area contributed by atoms with Crippen LogP contribution in [0.15, 0.2) is 93.6 Å². The number of nitrogens with two attached hydrogens (primary N) is 1. The monoisotopic (exact) mass is 486 g/mol. The van der Waals surface area contributed by atoms with E-state index in [2.05, 4.69) is 63.7 Å². The minimum atomic E-state index is 0.610. The maximum atomic E-state index is 4.98. The maximum absolute atomic E-state index is 4.98. The lowest BCUT2D eigenvalue weighted by atomic mass is 9.98. The van der Waals surface area contributed by atoms with E-state index in [1.165, 1.54) is 6.42 Å². The van der Waals surface area contributed by atoms with Gasteiger partial charge in [-0.25, -0.2) is 5.48 Å². The van der Waals surface area contributed by atoms with Gasteiger partial charge in [-0.05, 0) is 43.5 Å². The standard InChI is InChI=1S/C15H18N2O.C6H10.C3H8.3C2H6.C2H4/c1-5-7-13(6-2)14-9-8-11(3)15(10-14)12(4)17-18-16;1-4-5-6(2)3;1-3-2;4*1-2/h5-10,17H,1-2,4,16H2,3H3;4-5H,2H2,1,3H3;3H2,1-2H3;3*1-2H3;1-2H2/b13-7+;5-4+;;;;;. The van der Waals surface area contributed by atoms with Crippen LogP contribution in [0.5, 0.6) is 0 Å². The average molecular weight is 487 g/mol. The quantitative estimate of drug-likeness (QED) is 0.229. The second-order valence-electron chi connectivity index (χ2n) is 5.84. The molecule has 3 nitrogen and oxygen atoms in total. The van der Waals surface area contributed by atoms with Crippen LogP contribution in [0.1, 0.15) is 92.3 Å². The molecule has 3 heteroatoms. The molecule has 1 aromatic carbocycles. The average Bonchev–Trinajstić information content (AvgIpc) is 2.89. The highest BCUT2D eigenvalue weighted by molar-refractivity contribution is 5.78. The van der Waals surface area contributed by atoms with E-state index in [0.29, 0.717) is 5.70 Å². The molecule has 0 saturated carbocycles. The minimum absolute atomic E-state index is 0.610. The van der Waals surface area contributed by atoms with Gasteiger partial charge in [-0.15, -0.1) is 13.2 Å². The summed E-state index contributed by atoms with van der Waals surface area (Å²) in [5.74, 6) is 4.98. The third kappa shape index (κ3) is 31.1. The number of allylic oxidation sites excluding steroid dienone is 7. The Bertz CT molecular complexity index is 683. The summed E-state index contributed by atoms with van der Waals surface area (Å²) in [6.45, 7) is 43.2. The van der Waals surface area contributed by atoms with Crippen molar-refractivity contribution in [1.29, 1.82) is 0 Å². The van der Waals surface area contributed by atoms with Crippen LogP contribution in [0.3, 0.4) is 0 Å². The predicted octanol–water partition coefficient (Wildman–Crippen LogP) is 10.6. The molecule has 0 amide bonds. The van der Waals surface area contributed by atoms with E-state index in [1.54, 1.807) is 12.2 Å². The van der Waals surface area contributed by atoms with Gasteiger partial charge in [0.15, 0.2) is 0 Å². The van der Waals surface area contributed by atoms with E-state index >= 15 is 0 Å². The van der Waals surface area contributed by atoms with E-state index in [9.17, 15) is 0 Å². The predicted molar refractivity (Wildman–Crippen MR) is 168 cm³/mol. The van der Waals surface area contributed by atoms with Crippen LogP contribution < -0.4 is 11.4 Å². The van der Waals surface area contributed by atoms with Gasteiger partial charge in [0.1, 0.15) is 0 Å². The Kier molecular flexibility index (Phi) is 53.9. The molecule has 35 heavy (non-hydrogen) atoms. The van der Waals surface area contributed by atoms with Crippen LogP contribution >= 0.6 is 0 Å². The molecular formula is C32H58N2O. The molecule has 0 atom stereocenters. The highest BCUT2D eigenvalue weighted by atomic mass is 16.8. The van der Waals surface area contributed by atoms with Crippen molar-refractivity contribution in [3.63, 3.8) is 0 Å². The molecular weight excluding hydrogens is 428 g/mol. The summed E-state index contributed by atoms with van der Waals surface area (Å²) in [6.07, 6.45) is 10.6. The molecule has 0 fully saturated rings. The molecule has 0 aromatic heterocycles. The van der Waals surface area contributed by atoms with Gasteiger partial charge >= 0.3 is 0 Å². The summed E-state index contributed by atoms with van der Waals surface area (Å²) in [5, 5.41) is 0. The number of hydrogen-bond acceptors (Lipinski definition) is 3. The Morgan fingerprint density at radius 1 is 1.00 bits per heavy atom. The molecule has 0 aliphatic carbocycles. The Balaban J connectivity index is -0.000000103. The normalized spacial score (nSPS) is 8.40. The maximum Gasteiger partial charge on any atom is 0.0627 e. The Morgan fingerprint density at radius 3 is 1.74 bits per heavy atom. The number of hydrogen-bond donors (Lipinski definition) is 2. The first-order chi connectivity index (χ1) is 16.8. The Morgan fingerprint density at radius 2 is 1.46 bits per heavy atom. The van der Waals surface area contributed by atoms with Crippen LogP contribution in [0.25, 0.3) is 11.3 Å². The molecule has 0 aliphatic heterocycles. The first-order valence-electron chi connectivity index (χ1n) is 12.5. The zero-order valence-electron chi connectivity index (χ0n) is 25.1. The molecule has 0 bridgehead atoms. The zero-order chi connectivity index (χ0) is 29.2. The van der Waals surface area contributed by atoms with Crippen molar-refractivity contribution < 1.29 is 4.94 Å². The molecule has 0 radical (unpaired) electrons. The van der Waals surface area contributed by atoms with Gasteiger partial charge in [0.2, 0.25) is 0 Å². The highest BCUT2D eigenvalue weighted by Crippen LogP contribution is 2.22. The first-order valence-corrected chi connectivity index (χ1v) is 12.5. The number of benzene rings is 1. The van der Waals surface area contributed by atoms with Crippen molar-refractivity contribution in [2.45, 2.75) is 82.6 Å². The van der Waals surface area contributed by atoms with Crippen LogP contribution in [-0.4, -0.2) is 0 Å². The molecule has 0 heterocycles. The number of hydroxylamine groups is 1. The van der Waals surface area contributed by atoms with Crippen LogP contribution in [0, 0.1) is 6.92 Å². The lowest BCUT2D eigenvalue weighted by Crippen LogP contribution is -2.17. The van der Waals surface area contributed by atoms with Gasteiger partial charge in [0.25, 0.3) is 0 Å². The molecule has 0 aliphatic rings. The van der Waals surface area contributed by atoms with Gasteiger partial charge in [-0.1, -0.05) is 136 Å². The summed E-state index contributed by atoms with van der Waals surface area (Å²) in [5.41, 5.74) is 8.30. The lowest BCUT2D eigenvalue weighted by Gasteiger charge is -2.12. The van der Waals surface area contributed by atoms with E-state index in [-0.39, 0.29) is 0 Å². The summed E-state index contributed by atoms with van der Waals surface area (Å²) >= 11 is 0. The molecule has 0 saturated heterocycles. The van der Waals surface area contributed by atoms with Gasteiger partial charge < -0.3 is 0 Å². The number of aryl methyl sites for hydroxylation is 1. The second kappa shape index (κ2) is 41.4. The fraction of sp³-hybridized carbons (Fsp3) is 0.375. The molecule has 202 valence electrons. The van der Waals surface area contributed by atoms with Crippen molar-refractivity contribution in [2.24, 2.45) is 5.90 Å². The molecule has 0 spiro atoms. The van der Waals surface area contributed by atoms with Crippen LogP contribution in [0.4, 0.5) is 0 Å². The van der Waals surface area contributed by atoms with Crippen molar-refractivity contribution in [3.8, 4) is 0 Å². The summed E-state index contributed by atoms with van der Waals surface area (Å²) < 4.78 is 0. The third-order valence-electron chi connectivity index (χ3n) is 3.05. The fourth-order valence-corrected chi connectivity index (χ4v) is 1.95. The second-order valence-corrected chi connectivity index (χ2v) is 5.84. The minimum Gasteiger partial charge on any atom is -0.248 e. The van der Waals surface area contributed by atoms with Crippen molar-refractivity contribution in [3.05, 3.63) is 110 Å². The van der Waals surface area contributed by atoms with Gasteiger partial charge in [0.05, 0.1) is 5.70 Å². The topological polar surface area (TPSA) is 47.3 Å². The van der Waals surface area contributed by atoms with E-state index in [1.807, 2.05) is 98.7 Å². The lowest BCUT2D eigenvalue weighted by molar-refractivity contribution is 0.0798. The summed E-state index contributed by atoms with van der Waals surface area (Å²) in [6, 6.07) is 6.03. The van der Waals surface area contributed by atoms with Gasteiger partial charge in [0, 0.05) is 5.56 Å². The van der Waals surface area contributed by atoms with E-state index < -0.39 is 0 Å². The number of nitrogens with one attached hydrogen (secondary N) is 1. The van der Waals surface area contributed by atoms with Crippen molar-refractivity contribution in [1.82, 2.24) is 5.48 Å². The van der Waals surface area contributed by atoms with Gasteiger partial charge in [-0.3, -0.25) is 0 Å². The van der Waals surface area contributed by atoms with Crippen molar-refractivity contribution in [2.75, 3.05) is 0 Å². The third-order valence-corrected chi connectivity index (χ3v) is 3.05. The van der Waals surface area contributed by atoms with E-state index in [4.69, 9.17) is 5.90 Å². The summed E-state index contributed by atoms with van der Waals surface area (Å²) in [7, 11) is 0. The zero-order valence-corrected chi connectivity index (χ0v) is 25.1. The van der Waals surface area contributed by atoms with Crippen molar-refractivity contribution >= 4 is 11.3 Å². The molecule has 3 N–H and O–H groups in total.